The number of hydrogen-bond donors (Lipinski definition) is 3. The predicted octanol–water partition coefficient (Wildman–Crippen LogP) is 4.78. The van der Waals surface area contributed by atoms with Gasteiger partial charge in [-0.05, 0) is 43.4 Å². The Morgan fingerprint density at radius 1 is 1.00 bits per heavy atom. The van der Waals surface area contributed by atoms with E-state index < -0.39 is 6.03 Å². The van der Waals surface area contributed by atoms with Gasteiger partial charge in [0.05, 0.1) is 21.3 Å². The van der Waals surface area contributed by atoms with Crippen LogP contribution in [-0.2, 0) is 0 Å². The lowest BCUT2D eigenvalue weighted by Crippen LogP contribution is -2.35. The number of rotatable bonds is 9. The van der Waals surface area contributed by atoms with E-state index in [1.54, 1.807) is 36.4 Å². The second kappa shape index (κ2) is 11.8. The molecule has 3 N–H and O–H groups in total. The molecule has 3 amide bonds. The predicted molar refractivity (Wildman–Crippen MR) is 130 cm³/mol. The molecule has 0 aliphatic rings. The molecule has 0 saturated carbocycles. The third-order valence-electron chi connectivity index (χ3n) is 4.79. The summed E-state index contributed by atoms with van der Waals surface area (Å²) < 4.78 is 0. The van der Waals surface area contributed by atoms with Crippen LogP contribution in [0.1, 0.15) is 24.2 Å². The zero-order valence-corrected chi connectivity index (χ0v) is 19.8. The van der Waals surface area contributed by atoms with Crippen LogP contribution >= 0.6 is 23.2 Å². The second-order valence-electron chi connectivity index (χ2n) is 7.09. The Labute approximate surface area is 193 Å². The third-order valence-corrected chi connectivity index (χ3v) is 5.61. The molecule has 0 aliphatic heterocycles. The number of nitrogens with zero attached hydrogens (tertiary/aromatic N) is 2. The molecule has 31 heavy (non-hydrogen) atoms. The van der Waals surface area contributed by atoms with Crippen LogP contribution in [0.4, 0.5) is 21.9 Å². The van der Waals surface area contributed by atoms with E-state index in [9.17, 15) is 9.59 Å². The first-order valence-corrected chi connectivity index (χ1v) is 10.9. The Bertz CT molecular complexity index is 917. The van der Waals surface area contributed by atoms with Crippen molar-refractivity contribution >= 4 is 52.2 Å². The molecule has 0 aliphatic carbocycles. The fourth-order valence-electron chi connectivity index (χ4n) is 3.03. The highest BCUT2D eigenvalue weighted by Crippen LogP contribution is 2.30. The first-order valence-electron chi connectivity index (χ1n) is 10.1. The minimum Gasteiger partial charge on any atom is -0.377 e. The molecular weight excluding hydrogens is 437 g/mol. The summed E-state index contributed by atoms with van der Waals surface area (Å²) in [5, 5.41) is 8.96. The highest BCUT2D eigenvalue weighted by molar-refractivity contribution is 6.44. The lowest BCUT2D eigenvalue weighted by molar-refractivity contribution is 0.0949. The van der Waals surface area contributed by atoms with Crippen molar-refractivity contribution in [2.24, 2.45) is 0 Å². The molecule has 0 aromatic heterocycles. The maximum absolute atomic E-state index is 12.8. The average Bonchev–Trinajstić information content (AvgIpc) is 2.74. The van der Waals surface area contributed by atoms with Crippen LogP contribution in [0.15, 0.2) is 36.4 Å². The van der Waals surface area contributed by atoms with Gasteiger partial charge in [-0.3, -0.25) is 4.79 Å². The quantitative estimate of drug-likeness (QED) is 0.498. The SMILES string of the molecule is CCN(CC)CCNC(=O)c1cc(NC(=O)Nc2cccc(Cl)c2Cl)ccc1N(C)C. The first-order chi connectivity index (χ1) is 14.8. The normalized spacial score (nSPS) is 10.7. The zero-order valence-electron chi connectivity index (χ0n) is 18.3. The summed E-state index contributed by atoms with van der Waals surface area (Å²) >= 11 is 12.1. The molecular formula is C22H29Cl2N5O2. The van der Waals surface area contributed by atoms with Gasteiger partial charge in [-0.1, -0.05) is 43.1 Å². The summed E-state index contributed by atoms with van der Waals surface area (Å²) in [6.45, 7) is 7.36. The third kappa shape index (κ3) is 7.02. The summed E-state index contributed by atoms with van der Waals surface area (Å²) in [4.78, 5) is 29.3. The minimum absolute atomic E-state index is 0.196. The number of nitrogens with one attached hydrogen (secondary N) is 3. The number of carbonyl (C=O) groups excluding carboxylic acids is 2. The van der Waals surface area contributed by atoms with Gasteiger partial charge in [0.15, 0.2) is 0 Å². The molecule has 2 aromatic carbocycles. The molecule has 2 aromatic rings. The van der Waals surface area contributed by atoms with Crippen molar-refractivity contribution in [2.45, 2.75) is 13.8 Å². The maximum Gasteiger partial charge on any atom is 0.323 e. The molecule has 0 bridgehead atoms. The number of carbonyl (C=O) groups is 2. The Hall–Kier alpha value is -2.48. The summed E-state index contributed by atoms with van der Waals surface area (Å²) in [7, 11) is 3.73. The van der Waals surface area contributed by atoms with Crippen LogP contribution < -0.4 is 20.9 Å². The van der Waals surface area contributed by atoms with Crippen molar-refractivity contribution in [1.82, 2.24) is 10.2 Å². The topological polar surface area (TPSA) is 76.7 Å². The van der Waals surface area contributed by atoms with Gasteiger partial charge in [0, 0.05) is 38.6 Å². The summed E-state index contributed by atoms with van der Waals surface area (Å²) in [6, 6.07) is 9.67. The lowest BCUT2D eigenvalue weighted by Gasteiger charge is -2.20. The molecule has 0 saturated heterocycles. The molecule has 0 heterocycles. The number of urea groups is 1. The highest BCUT2D eigenvalue weighted by atomic mass is 35.5. The molecule has 7 nitrogen and oxygen atoms in total. The summed E-state index contributed by atoms with van der Waals surface area (Å²) in [5.41, 5.74) is 2.11. The molecule has 9 heteroatoms. The maximum atomic E-state index is 12.8. The standard InChI is InChI=1S/C22H29Cl2N5O2/c1-5-29(6-2)13-12-25-21(30)16-14-15(10-11-19(16)28(3)4)26-22(31)27-18-9-7-8-17(23)20(18)24/h7-11,14H,5-6,12-13H2,1-4H3,(H,25,30)(H2,26,27,31). The number of anilines is 3. The first kappa shape index (κ1) is 24.8. The van der Waals surface area contributed by atoms with E-state index in [1.807, 2.05) is 19.0 Å². The van der Waals surface area contributed by atoms with Gasteiger partial charge in [-0.2, -0.15) is 0 Å². The van der Waals surface area contributed by atoms with Crippen molar-refractivity contribution in [2.75, 3.05) is 55.8 Å². The molecule has 0 radical (unpaired) electrons. The van der Waals surface area contributed by atoms with Crippen LogP contribution in [0.5, 0.6) is 0 Å². The van der Waals surface area contributed by atoms with Gasteiger partial charge in [-0.25, -0.2) is 4.79 Å². The monoisotopic (exact) mass is 465 g/mol. The Morgan fingerprint density at radius 2 is 1.71 bits per heavy atom. The largest absolute Gasteiger partial charge is 0.377 e. The zero-order chi connectivity index (χ0) is 23.0. The van der Waals surface area contributed by atoms with E-state index in [4.69, 9.17) is 23.2 Å². The average molecular weight is 466 g/mol. The Morgan fingerprint density at radius 3 is 2.35 bits per heavy atom. The number of likely N-dealkylation sites (N-methyl/N-ethyl adjacent to an activating group) is 1. The van der Waals surface area contributed by atoms with Gasteiger partial charge in [0.25, 0.3) is 5.91 Å². The number of amides is 3. The fraction of sp³-hybridized carbons (Fsp3) is 0.364. The minimum atomic E-state index is -0.491. The molecule has 0 unspecified atom stereocenters. The molecule has 0 atom stereocenters. The van der Waals surface area contributed by atoms with Crippen molar-refractivity contribution in [3.05, 3.63) is 52.0 Å². The number of hydrogen-bond acceptors (Lipinski definition) is 4. The summed E-state index contributed by atoms with van der Waals surface area (Å²) in [5.74, 6) is -0.196. The molecule has 2 rings (SSSR count). The van der Waals surface area contributed by atoms with E-state index in [2.05, 4.69) is 34.7 Å². The van der Waals surface area contributed by atoms with Crippen molar-refractivity contribution < 1.29 is 9.59 Å². The molecule has 0 spiro atoms. The van der Waals surface area contributed by atoms with Gasteiger partial charge in [0.1, 0.15) is 0 Å². The van der Waals surface area contributed by atoms with Gasteiger partial charge >= 0.3 is 6.03 Å². The Balaban J connectivity index is 2.12. The van der Waals surface area contributed by atoms with E-state index >= 15 is 0 Å². The van der Waals surface area contributed by atoms with Crippen molar-refractivity contribution in [1.29, 1.82) is 0 Å². The summed E-state index contributed by atoms with van der Waals surface area (Å²) in [6.07, 6.45) is 0. The molecule has 0 fully saturated rings. The molecule has 168 valence electrons. The highest BCUT2D eigenvalue weighted by Gasteiger charge is 2.15. The van der Waals surface area contributed by atoms with Crippen molar-refractivity contribution in [3.63, 3.8) is 0 Å². The van der Waals surface area contributed by atoms with Crippen LogP contribution in [0.2, 0.25) is 10.0 Å². The number of halogens is 2. The van der Waals surface area contributed by atoms with Gasteiger partial charge in [-0.15, -0.1) is 0 Å². The van der Waals surface area contributed by atoms with Gasteiger partial charge in [0.2, 0.25) is 0 Å². The van der Waals surface area contributed by atoms with E-state index in [1.165, 1.54) is 0 Å². The lowest BCUT2D eigenvalue weighted by atomic mass is 10.1. The van der Waals surface area contributed by atoms with Crippen LogP contribution in [0.3, 0.4) is 0 Å². The smallest absolute Gasteiger partial charge is 0.323 e. The number of benzene rings is 2. The Kier molecular flexibility index (Phi) is 9.43. The fourth-order valence-corrected chi connectivity index (χ4v) is 3.38. The second-order valence-corrected chi connectivity index (χ2v) is 7.87. The van der Waals surface area contributed by atoms with E-state index in [-0.39, 0.29) is 10.9 Å². The van der Waals surface area contributed by atoms with Gasteiger partial charge < -0.3 is 25.8 Å². The van der Waals surface area contributed by atoms with Crippen molar-refractivity contribution in [3.8, 4) is 0 Å². The van der Waals surface area contributed by atoms with Crippen LogP contribution in [-0.4, -0.2) is 57.1 Å². The van der Waals surface area contributed by atoms with E-state index in [0.717, 1.165) is 25.3 Å². The van der Waals surface area contributed by atoms with Crippen LogP contribution in [0.25, 0.3) is 0 Å². The van der Waals surface area contributed by atoms with Crippen LogP contribution in [0, 0.1) is 0 Å². The van der Waals surface area contributed by atoms with E-state index in [0.29, 0.717) is 28.5 Å².